The number of aliphatic hydroxyl groups is 3. The molecule has 1 aliphatic heterocycles. The Balaban J connectivity index is 2.70. The normalized spacial score (nSPS) is 35.9. The Morgan fingerprint density at radius 3 is 2.22 bits per heavy atom. The zero-order valence-corrected chi connectivity index (χ0v) is 9.98. The predicted octanol–water partition coefficient (Wildman–Crippen LogP) is -2.08. The van der Waals surface area contributed by atoms with Crippen LogP contribution in [0.15, 0.2) is 0 Å². The first-order chi connectivity index (χ1) is 8.32. The smallest absolute Gasteiger partial charge is 0.303 e. The number of ether oxygens (including phenoxy) is 3. The summed E-state index contributed by atoms with van der Waals surface area (Å²) < 4.78 is 14.2. The summed E-state index contributed by atoms with van der Waals surface area (Å²) in [5.41, 5.74) is 0. The van der Waals surface area contributed by atoms with Gasteiger partial charge in [0.15, 0.2) is 12.4 Å². The van der Waals surface area contributed by atoms with Crippen molar-refractivity contribution in [3.63, 3.8) is 0 Å². The maximum Gasteiger partial charge on any atom is 0.303 e. The van der Waals surface area contributed by atoms with Crippen molar-refractivity contribution in [2.45, 2.75) is 44.6 Å². The second-order valence-electron chi connectivity index (χ2n) is 3.92. The monoisotopic (exact) mass is 264 g/mol. The Kier molecular flexibility index (Phi) is 5.03. The predicted molar refractivity (Wildman–Crippen MR) is 55.1 cm³/mol. The number of hydrogen-bond donors (Lipinski definition) is 3. The van der Waals surface area contributed by atoms with Crippen LogP contribution in [0.1, 0.15) is 13.8 Å². The Hall–Kier alpha value is -1.22. The van der Waals surface area contributed by atoms with E-state index in [1.54, 1.807) is 0 Å². The van der Waals surface area contributed by atoms with E-state index in [0.717, 1.165) is 6.92 Å². The maximum atomic E-state index is 10.8. The van der Waals surface area contributed by atoms with Crippen LogP contribution in [0.2, 0.25) is 0 Å². The molecule has 1 heterocycles. The third-order valence-corrected chi connectivity index (χ3v) is 2.41. The van der Waals surface area contributed by atoms with E-state index < -0.39 is 42.6 Å². The molecular weight excluding hydrogens is 248 g/mol. The van der Waals surface area contributed by atoms with E-state index in [2.05, 4.69) is 4.74 Å². The average molecular weight is 264 g/mol. The maximum absolute atomic E-state index is 10.8. The van der Waals surface area contributed by atoms with Crippen LogP contribution in [0.3, 0.4) is 0 Å². The highest BCUT2D eigenvalue weighted by Crippen LogP contribution is 2.22. The SMILES string of the molecule is CC(=O)OC[C@H]1O[C@@H](O)[C@H](O)[C@H](OC(C)=O)[C@@H]1O. The average Bonchev–Trinajstić information content (AvgIpc) is 2.27. The molecule has 0 unspecified atom stereocenters. The van der Waals surface area contributed by atoms with E-state index in [0.29, 0.717) is 0 Å². The zero-order chi connectivity index (χ0) is 13.9. The molecule has 1 saturated heterocycles. The molecule has 0 aromatic heterocycles. The van der Waals surface area contributed by atoms with Crippen LogP contribution in [0.25, 0.3) is 0 Å². The molecule has 104 valence electrons. The highest BCUT2D eigenvalue weighted by molar-refractivity contribution is 5.66. The summed E-state index contributed by atoms with van der Waals surface area (Å²) in [7, 11) is 0. The minimum absolute atomic E-state index is 0.321. The van der Waals surface area contributed by atoms with Gasteiger partial charge in [-0.1, -0.05) is 0 Å². The van der Waals surface area contributed by atoms with Crippen molar-refractivity contribution < 1.29 is 39.1 Å². The number of carbonyl (C=O) groups is 2. The van der Waals surface area contributed by atoms with Crippen LogP contribution in [0.5, 0.6) is 0 Å². The Morgan fingerprint density at radius 1 is 1.11 bits per heavy atom. The minimum atomic E-state index is -1.64. The van der Waals surface area contributed by atoms with E-state index in [9.17, 15) is 24.9 Å². The van der Waals surface area contributed by atoms with Gasteiger partial charge in [0.25, 0.3) is 0 Å². The first kappa shape index (κ1) is 14.8. The Morgan fingerprint density at radius 2 is 1.72 bits per heavy atom. The number of rotatable bonds is 3. The summed E-state index contributed by atoms with van der Waals surface area (Å²) in [5.74, 6) is -1.31. The molecule has 0 spiro atoms. The fourth-order valence-electron chi connectivity index (χ4n) is 1.58. The largest absolute Gasteiger partial charge is 0.463 e. The van der Waals surface area contributed by atoms with E-state index in [4.69, 9.17) is 9.47 Å². The lowest BCUT2D eigenvalue weighted by Crippen LogP contribution is -2.60. The van der Waals surface area contributed by atoms with Crippen LogP contribution in [0, 0.1) is 0 Å². The molecule has 3 N–H and O–H groups in total. The molecule has 8 nitrogen and oxygen atoms in total. The van der Waals surface area contributed by atoms with Gasteiger partial charge in [-0.05, 0) is 0 Å². The molecule has 0 radical (unpaired) electrons. The van der Waals surface area contributed by atoms with Crippen LogP contribution in [-0.4, -0.2) is 64.6 Å². The van der Waals surface area contributed by atoms with Gasteiger partial charge in [-0.25, -0.2) is 0 Å². The Bertz CT molecular complexity index is 317. The zero-order valence-electron chi connectivity index (χ0n) is 9.98. The molecular formula is C10H16O8. The third kappa shape index (κ3) is 3.64. The summed E-state index contributed by atoms with van der Waals surface area (Å²) in [6, 6.07) is 0. The Labute approximate surface area is 103 Å². The van der Waals surface area contributed by atoms with Gasteiger partial charge in [-0.2, -0.15) is 0 Å². The van der Waals surface area contributed by atoms with Gasteiger partial charge < -0.3 is 29.5 Å². The number of carbonyl (C=O) groups excluding carboxylic acids is 2. The third-order valence-electron chi connectivity index (χ3n) is 2.41. The molecule has 5 atom stereocenters. The first-order valence-electron chi connectivity index (χ1n) is 5.33. The van der Waals surface area contributed by atoms with E-state index in [1.165, 1.54) is 6.92 Å². The van der Waals surface area contributed by atoms with Crippen LogP contribution >= 0.6 is 0 Å². The van der Waals surface area contributed by atoms with Crippen LogP contribution in [-0.2, 0) is 23.8 Å². The molecule has 0 bridgehead atoms. The standard InChI is InChI=1S/C10H16O8/c1-4(11)16-3-6-7(13)9(17-5(2)12)8(14)10(15)18-6/h6-10,13-15H,3H2,1-2H3/t6-,7-,8-,9-,10-/m1/s1. The fraction of sp³-hybridized carbons (Fsp3) is 0.800. The van der Waals surface area contributed by atoms with Gasteiger partial charge in [0.1, 0.15) is 24.9 Å². The van der Waals surface area contributed by atoms with Crippen molar-refractivity contribution in [3.05, 3.63) is 0 Å². The second kappa shape index (κ2) is 6.10. The second-order valence-corrected chi connectivity index (χ2v) is 3.92. The van der Waals surface area contributed by atoms with Crippen molar-refractivity contribution in [1.82, 2.24) is 0 Å². The molecule has 8 heteroatoms. The van der Waals surface area contributed by atoms with Gasteiger partial charge in [0, 0.05) is 13.8 Å². The van der Waals surface area contributed by atoms with Crippen molar-refractivity contribution >= 4 is 11.9 Å². The summed E-state index contributed by atoms with van der Waals surface area (Å²) >= 11 is 0. The molecule has 1 rings (SSSR count). The topological polar surface area (TPSA) is 123 Å². The molecule has 1 fully saturated rings. The molecule has 0 saturated carbocycles. The van der Waals surface area contributed by atoms with Gasteiger partial charge in [-0.3, -0.25) is 9.59 Å². The fourth-order valence-corrected chi connectivity index (χ4v) is 1.58. The molecule has 0 aromatic carbocycles. The van der Waals surface area contributed by atoms with Crippen molar-refractivity contribution in [2.75, 3.05) is 6.61 Å². The number of hydrogen-bond acceptors (Lipinski definition) is 8. The van der Waals surface area contributed by atoms with E-state index in [1.807, 2.05) is 0 Å². The summed E-state index contributed by atoms with van der Waals surface area (Å²) in [5, 5.41) is 28.7. The molecule has 0 aliphatic carbocycles. The lowest BCUT2D eigenvalue weighted by atomic mass is 9.99. The summed E-state index contributed by atoms with van der Waals surface area (Å²) in [6.45, 7) is 1.95. The van der Waals surface area contributed by atoms with Gasteiger partial charge >= 0.3 is 11.9 Å². The van der Waals surface area contributed by atoms with E-state index >= 15 is 0 Å². The number of esters is 2. The van der Waals surface area contributed by atoms with Gasteiger partial charge in [0.2, 0.25) is 0 Å². The van der Waals surface area contributed by atoms with Crippen molar-refractivity contribution in [1.29, 1.82) is 0 Å². The quantitative estimate of drug-likeness (QED) is 0.496. The molecule has 18 heavy (non-hydrogen) atoms. The van der Waals surface area contributed by atoms with Crippen LogP contribution < -0.4 is 0 Å². The van der Waals surface area contributed by atoms with Crippen LogP contribution in [0.4, 0.5) is 0 Å². The lowest BCUT2D eigenvalue weighted by Gasteiger charge is -2.39. The van der Waals surface area contributed by atoms with Crippen molar-refractivity contribution in [2.24, 2.45) is 0 Å². The minimum Gasteiger partial charge on any atom is -0.463 e. The first-order valence-corrected chi connectivity index (χ1v) is 5.33. The lowest BCUT2D eigenvalue weighted by molar-refractivity contribution is -0.290. The highest BCUT2D eigenvalue weighted by atomic mass is 16.7. The number of aliphatic hydroxyl groups excluding tert-OH is 3. The van der Waals surface area contributed by atoms with Gasteiger partial charge in [-0.15, -0.1) is 0 Å². The molecule has 1 aliphatic rings. The molecule has 0 amide bonds. The van der Waals surface area contributed by atoms with Gasteiger partial charge in [0.05, 0.1) is 0 Å². The summed E-state index contributed by atoms with van der Waals surface area (Å²) in [4.78, 5) is 21.5. The summed E-state index contributed by atoms with van der Waals surface area (Å²) in [6.07, 6.45) is -7.05. The van der Waals surface area contributed by atoms with Crippen molar-refractivity contribution in [3.8, 4) is 0 Å². The highest BCUT2D eigenvalue weighted by Gasteiger charge is 2.46. The van der Waals surface area contributed by atoms with E-state index in [-0.39, 0.29) is 6.61 Å². The molecule has 0 aromatic rings.